The van der Waals surface area contributed by atoms with Crippen molar-refractivity contribution >= 4 is 23.4 Å². The lowest BCUT2D eigenvalue weighted by atomic mass is 10.3. The van der Waals surface area contributed by atoms with Gasteiger partial charge in [-0.2, -0.15) is 0 Å². The Morgan fingerprint density at radius 3 is 2.65 bits per heavy atom. The minimum Gasteiger partial charge on any atom is -0.256 e. The van der Waals surface area contributed by atoms with Gasteiger partial charge in [-0.3, -0.25) is 4.98 Å². The molecule has 0 radical (unpaired) electrons. The Kier molecular flexibility index (Phi) is 3.91. The first-order valence-corrected chi connectivity index (χ1v) is 6.06. The first-order valence-electron chi connectivity index (χ1n) is 4.69. The van der Waals surface area contributed by atoms with Gasteiger partial charge in [-0.15, -0.1) is 11.8 Å². The standard InChI is InChI=1S/C11H7ClF2N2S/c12-11-5-15-8(4-16-11)6-17-10-2-1-7(13)3-9(10)14/h1-5H,6H2. The van der Waals surface area contributed by atoms with Crippen LogP contribution in [0.1, 0.15) is 5.69 Å². The van der Waals surface area contributed by atoms with E-state index in [-0.39, 0.29) is 0 Å². The van der Waals surface area contributed by atoms with E-state index in [4.69, 9.17) is 11.6 Å². The lowest BCUT2D eigenvalue weighted by Gasteiger charge is -2.02. The molecule has 0 bridgehead atoms. The fourth-order valence-electron chi connectivity index (χ4n) is 1.16. The summed E-state index contributed by atoms with van der Waals surface area (Å²) in [6, 6.07) is 3.48. The fraction of sp³-hybridized carbons (Fsp3) is 0.0909. The summed E-state index contributed by atoms with van der Waals surface area (Å²) in [5.41, 5.74) is 0.683. The van der Waals surface area contributed by atoms with Crippen LogP contribution in [0, 0.1) is 11.6 Å². The van der Waals surface area contributed by atoms with Crippen molar-refractivity contribution in [2.75, 3.05) is 0 Å². The van der Waals surface area contributed by atoms with Gasteiger partial charge in [-0.25, -0.2) is 13.8 Å². The molecule has 0 aliphatic heterocycles. The average molecular weight is 273 g/mol. The average Bonchev–Trinajstić information content (AvgIpc) is 2.30. The third-order valence-corrected chi connectivity index (χ3v) is 3.22. The molecule has 2 aromatic rings. The lowest BCUT2D eigenvalue weighted by molar-refractivity contribution is 0.565. The molecule has 1 aromatic heterocycles. The molecular weight excluding hydrogens is 266 g/mol. The van der Waals surface area contributed by atoms with Gasteiger partial charge in [-0.05, 0) is 12.1 Å². The molecule has 0 saturated heterocycles. The zero-order chi connectivity index (χ0) is 12.3. The van der Waals surface area contributed by atoms with E-state index in [2.05, 4.69) is 9.97 Å². The van der Waals surface area contributed by atoms with Gasteiger partial charge in [0.05, 0.1) is 18.1 Å². The maximum Gasteiger partial charge on any atom is 0.147 e. The van der Waals surface area contributed by atoms with Gasteiger partial charge >= 0.3 is 0 Å². The van der Waals surface area contributed by atoms with Crippen LogP contribution < -0.4 is 0 Å². The van der Waals surface area contributed by atoms with E-state index in [1.165, 1.54) is 36.3 Å². The number of rotatable bonds is 3. The van der Waals surface area contributed by atoms with E-state index in [0.29, 0.717) is 21.5 Å². The van der Waals surface area contributed by atoms with E-state index in [0.717, 1.165) is 6.07 Å². The van der Waals surface area contributed by atoms with Gasteiger partial charge < -0.3 is 0 Å². The van der Waals surface area contributed by atoms with E-state index >= 15 is 0 Å². The third kappa shape index (κ3) is 3.38. The summed E-state index contributed by atoms with van der Waals surface area (Å²) in [5.74, 6) is -0.706. The molecule has 6 heteroatoms. The van der Waals surface area contributed by atoms with Gasteiger partial charge in [0.25, 0.3) is 0 Å². The quantitative estimate of drug-likeness (QED) is 0.797. The van der Waals surface area contributed by atoms with Crippen LogP contribution in [-0.2, 0) is 5.75 Å². The van der Waals surface area contributed by atoms with Crippen LogP contribution >= 0.6 is 23.4 Å². The summed E-state index contributed by atoms with van der Waals surface area (Å²) in [7, 11) is 0. The molecule has 1 heterocycles. The van der Waals surface area contributed by atoms with E-state index in [1.807, 2.05) is 0 Å². The summed E-state index contributed by atoms with van der Waals surface area (Å²) in [6.07, 6.45) is 2.95. The van der Waals surface area contributed by atoms with Crippen LogP contribution in [-0.4, -0.2) is 9.97 Å². The summed E-state index contributed by atoms with van der Waals surface area (Å²) in [5, 5.41) is 0.312. The van der Waals surface area contributed by atoms with Crippen LogP contribution in [0.15, 0.2) is 35.5 Å². The molecule has 1 aromatic carbocycles. The van der Waals surface area contributed by atoms with Crippen LogP contribution in [0.2, 0.25) is 5.15 Å². The number of nitrogens with zero attached hydrogens (tertiary/aromatic N) is 2. The molecule has 88 valence electrons. The summed E-state index contributed by atoms with van der Waals surface area (Å²) >= 11 is 6.82. The lowest BCUT2D eigenvalue weighted by Crippen LogP contribution is -1.90. The molecule has 2 rings (SSSR count). The Balaban J connectivity index is 2.04. The first-order chi connectivity index (χ1) is 8.15. The molecule has 0 N–H and O–H groups in total. The maximum absolute atomic E-state index is 13.3. The topological polar surface area (TPSA) is 25.8 Å². The van der Waals surface area contributed by atoms with Crippen molar-refractivity contribution < 1.29 is 8.78 Å². The number of halogens is 3. The number of thioether (sulfide) groups is 1. The molecule has 0 amide bonds. The highest BCUT2D eigenvalue weighted by atomic mass is 35.5. The van der Waals surface area contributed by atoms with E-state index < -0.39 is 11.6 Å². The molecule has 0 unspecified atom stereocenters. The summed E-state index contributed by atoms with van der Waals surface area (Å²) in [6.45, 7) is 0. The number of benzene rings is 1. The Labute approximate surface area is 106 Å². The van der Waals surface area contributed by atoms with E-state index in [9.17, 15) is 8.78 Å². The van der Waals surface area contributed by atoms with Crippen LogP contribution in [0.25, 0.3) is 0 Å². The molecule has 17 heavy (non-hydrogen) atoms. The Bertz CT molecular complexity index is 519. The predicted molar refractivity (Wildman–Crippen MR) is 63.0 cm³/mol. The van der Waals surface area contributed by atoms with Gasteiger partial charge in [-0.1, -0.05) is 11.6 Å². The van der Waals surface area contributed by atoms with E-state index in [1.54, 1.807) is 0 Å². The molecule has 0 aliphatic carbocycles. The van der Waals surface area contributed by atoms with Crippen molar-refractivity contribution in [2.45, 2.75) is 10.6 Å². The van der Waals surface area contributed by atoms with Crippen molar-refractivity contribution in [1.82, 2.24) is 9.97 Å². The molecule has 0 fully saturated rings. The Morgan fingerprint density at radius 1 is 1.18 bits per heavy atom. The van der Waals surface area contributed by atoms with Gasteiger partial charge in [0.1, 0.15) is 16.8 Å². The number of aromatic nitrogens is 2. The normalized spacial score (nSPS) is 10.5. The Hall–Kier alpha value is -1.20. The largest absolute Gasteiger partial charge is 0.256 e. The monoisotopic (exact) mass is 272 g/mol. The highest BCUT2D eigenvalue weighted by Gasteiger charge is 2.05. The smallest absolute Gasteiger partial charge is 0.147 e. The second-order valence-electron chi connectivity index (χ2n) is 3.19. The minimum absolute atomic E-state index is 0.312. The zero-order valence-electron chi connectivity index (χ0n) is 8.53. The SMILES string of the molecule is Fc1ccc(SCc2cnc(Cl)cn2)c(F)c1. The molecule has 0 saturated carbocycles. The highest BCUT2D eigenvalue weighted by Crippen LogP contribution is 2.25. The van der Waals surface area contributed by atoms with Crippen molar-refractivity contribution in [3.05, 3.63) is 53.1 Å². The third-order valence-electron chi connectivity index (χ3n) is 1.94. The highest BCUT2D eigenvalue weighted by molar-refractivity contribution is 7.98. The van der Waals surface area contributed by atoms with Crippen molar-refractivity contribution in [3.63, 3.8) is 0 Å². The maximum atomic E-state index is 13.3. The second-order valence-corrected chi connectivity index (χ2v) is 4.60. The predicted octanol–water partition coefficient (Wildman–Crippen LogP) is 3.70. The molecule has 0 aliphatic rings. The molecule has 0 spiro atoms. The van der Waals surface area contributed by atoms with Crippen LogP contribution in [0.3, 0.4) is 0 Å². The van der Waals surface area contributed by atoms with Crippen molar-refractivity contribution in [3.8, 4) is 0 Å². The van der Waals surface area contributed by atoms with Crippen LogP contribution in [0.5, 0.6) is 0 Å². The zero-order valence-corrected chi connectivity index (χ0v) is 10.1. The van der Waals surface area contributed by atoms with Gasteiger partial charge in [0.2, 0.25) is 0 Å². The summed E-state index contributed by atoms with van der Waals surface area (Å²) in [4.78, 5) is 8.27. The Morgan fingerprint density at radius 2 is 2.00 bits per heavy atom. The fourth-order valence-corrected chi connectivity index (χ4v) is 2.07. The first kappa shape index (κ1) is 12.3. The molecule has 0 atom stereocenters. The molecular formula is C11H7ClF2N2S. The number of hydrogen-bond acceptors (Lipinski definition) is 3. The molecule has 2 nitrogen and oxygen atoms in total. The number of hydrogen-bond donors (Lipinski definition) is 0. The van der Waals surface area contributed by atoms with Crippen molar-refractivity contribution in [2.24, 2.45) is 0 Å². The van der Waals surface area contributed by atoms with Gasteiger partial charge in [0.15, 0.2) is 0 Å². The minimum atomic E-state index is -0.585. The second kappa shape index (κ2) is 5.42. The van der Waals surface area contributed by atoms with Crippen LogP contribution in [0.4, 0.5) is 8.78 Å². The van der Waals surface area contributed by atoms with Crippen molar-refractivity contribution in [1.29, 1.82) is 0 Å². The summed E-state index contributed by atoms with van der Waals surface area (Å²) < 4.78 is 26.0. The van der Waals surface area contributed by atoms with Gasteiger partial charge in [0, 0.05) is 16.7 Å².